The SMILES string of the molecule is Cl.NCC1CCCN1S(=O)(=O)c1cccc(Cl)c1F. The van der Waals surface area contributed by atoms with E-state index in [4.69, 9.17) is 17.3 Å². The lowest BCUT2D eigenvalue weighted by Gasteiger charge is -2.23. The first-order chi connectivity index (χ1) is 8.48. The van der Waals surface area contributed by atoms with Crippen molar-refractivity contribution in [1.82, 2.24) is 4.31 Å². The third kappa shape index (κ3) is 3.03. The lowest BCUT2D eigenvalue weighted by molar-refractivity contribution is 0.390. The fourth-order valence-corrected chi connectivity index (χ4v) is 4.19. The molecule has 0 radical (unpaired) electrons. The zero-order chi connectivity index (χ0) is 13.3. The van der Waals surface area contributed by atoms with Gasteiger partial charge in [-0.25, -0.2) is 12.8 Å². The molecule has 1 saturated heterocycles. The van der Waals surface area contributed by atoms with E-state index in [1.54, 1.807) is 0 Å². The Kier molecular flexibility index (Phi) is 5.58. The van der Waals surface area contributed by atoms with Gasteiger partial charge in [-0.3, -0.25) is 0 Å². The summed E-state index contributed by atoms with van der Waals surface area (Å²) in [5, 5.41) is -0.195. The van der Waals surface area contributed by atoms with Crippen molar-refractivity contribution in [1.29, 1.82) is 0 Å². The summed E-state index contributed by atoms with van der Waals surface area (Å²) in [6.45, 7) is 0.609. The normalized spacial score (nSPS) is 20.3. The number of hydrogen-bond donors (Lipinski definition) is 1. The second-order valence-electron chi connectivity index (χ2n) is 4.20. The van der Waals surface area contributed by atoms with Crippen LogP contribution in [0.1, 0.15) is 12.8 Å². The van der Waals surface area contributed by atoms with Gasteiger partial charge in [0, 0.05) is 19.1 Å². The second kappa shape index (κ2) is 6.37. The third-order valence-electron chi connectivity index (χ3n) is 3.10. The van der Waals surface area contributed by atoms with Gasteiger partial charge in [0.05, 0.1) is 5.02 Å². The van der Waals surface area contributed by atoms with E-state index < -0.39 is 15.8 Å². The molecule has 4 nitrogen and oxygen atoms in total. The van der Waals surface area contributed by atoms with Crippen molar-refractivity contribution >= 4 is 34.0 Å². The highest BCUT2D eigenvalue weighted by Gasteiger charge is 2.36. The molecule has 1 aromatic carbocycles. The minimum absolute atomic E-state index is 0. The number of nitrogens with two attached hydrogens (primary N) is 1. The maximum absolute atomic E-state index is 13.8. The van der Waals surface area contributed by atoms with E-state index in [-0.39, 0.29) is 34.9 Å². The quantitative estimate of drug-likeness (QED) is 0.923. The van der Waals surface area contributed by atoms with Gasteiger partial charge >= 0.3 is 0 Å². The molecule has 108 valence electrons. The van der Waals surface area contributed by atoms with E-state index in [2.05, 4.69) is 0 Å². The topological polar surface area (TPSA) is 63.4 Å². The molecule has 1 aliphatic heterocycles. The highest BCUT2D eigenvalue weighted by Crippen LogP contribution is 2.29. The Morgan fingerprint density at radius 3 is 2.79 bits per heavy atom. The maximum atomic E-state index is 13.8. The molecule has 0 aromatic heterocycles. The number of halogens is 3. The first-order valence-electron chi connectivity index (χ1n) is 5.64. The molecule has 1 fully saturated rings. The predicted octanol–water partition coefficient (Wildman–Crippen LogP) is 2.01. The average Bonchev–Trinajstić information content (AvgIpc) is 2.81. The molecule has 1 atom stereocenters. The van der Waals surface area contributed by atoms with E-state index in [9.17, 15) is 12.8 Å². The molecule has 0 bridgehead atoms. The summed E-state index contributed by atoms with van der Waals surface area (Å²) in [5.41, 5.74) is 5.54. The summed E-state index contributed by atoms with van der Waals surface area (Å²) in [4.78, 5) is -0.379. The zero-order valence-corrected chi connectivity index (χ0v) is 12.4. The van der Waals surface area contributed by atoms with Crippen LogP contribution in [0, 0.1) is 5.82 Å². The summed E-state index contributed by atoms with van der Waals surface area (Å²) >= 11 is 5.61. The van der Waals surface area contributed by atoms with Gasteiger partial charge < -0.3 is 5.73 Å². The molecule has 8 heteroatoms. The van der Waals surface area contributed by atoms with E-state index in [0.29, 0.717) is 13.0 Å². The molecule has 1 aliphatic rings. The average molecular weight is 329 g/mol. The van der Waals surface area contributed by atoms with Gasteiger partial charge in [0.2, 0.25) is 10.0 Å². The first kappa shape index (κ1) is 16.7. The Hall–Kier alpha value is -0.400. The van der Waals surface area contributed by atoms with Gasteiger partial charge in [0.15, 0.2) is 5.82 Å². The van der Waals surface area contributed by atoms with Gasteiger partial charge in [-0.05, 0) is 25.0 Å². The van der Waals surface area contributed by atoms with Gasteiger partial charge in [0.25, 0.3) is 0 Å². The van der Waals surface area contributed by atoms with E-state index >= 15 is 0 Å². The summed E-state index contributed by atoms with van der Waals surface area (Å²) in [7, 11) is -3.86. The van der Waals surface area contributed by atoms with Crippen LogP contribution >= 0.6 is 24.0 Å². The molecule has 19 heavy (non-hydrogen) atoms. The molecule has 0 spiro atoms. The molecule has 2 N–H and O–H groups in total. The number of sulfonamides is 1. The van der Waals surface area contributed by atoms with Crippen LogP contribution in [-0.4, -0.2) is 31.9 Å². The highest BCUT2D eigenvalue weighted by atomic mass is 35.5. The molecule has 1 unspecified atom stereocenters. The van der Waals surface area contributed by atoms with Crippen LogP contribution in [0.4, 0.5) is 4.39 Å². The minimum atomic E-state index is -3.86. The summed E-state index contributed by atoms with van der Waals surface area (Å²) in [6.07, 6.45) is 1.45. The molecule has 1 heterocycles. The standard InChI is InChI=1S/C11H14ClFN2O2S.ClH/c12-9-4-1-5-10(11(9)13)18(16,17)15-6-2-3-8(15)7-14;/h1,4-5,8H,2-3,6-7,14H2;1H. The molecule has 0 aliphatic carbocycles. The van der Waals surface area contributed by atoms with E-state index in [0.717, 1.165) is 6.42 Å². The lowest BCUT2D eigenvalue weighted by Crippen LogP contribution is -2.40. The van der Waals surface area contributed by atoms with Gasteiger partial charge in [-0.2, -0.15) is 4.31 Å². The number of hydrogen-bond acceptors (Lipinski definition) is 3. The fraction of sp³-hybridized carbons (Fsp3) is 0.455. The summed E-state index contributed by atoms with van der Waals surface area (Å²) in [6, 6.07) is 3.71. The minimum Gasteiger partial charge on any atom is -0.329 e. The largest absolute Gasteiger partial charge is 0.329 e. The van der Waals surface area contributed by atoms with Crippen LogP contribution in [0.3, 0.4) is 0 Å². The van der Waals surface area contributed by atoms with Gasteiger partial charge in [-0.1, -0.05) is 17.7 Å². The Morgan fingerprint density at radius 1 is 1.47 bits per heavy atom. The number of rotatable bonds is 3. The predicted molar refractivity (Wildman–Crippen MR) is 74.6 cm³/mol. The van der Waals surface area contributed by atoms with Crippen molar-refractivity contribution < 1.29 is 12.8 Å². The van der Waals surface area contributed by atoms with E-state index in [1.165, 1.54) is 22.5 Å². The van der Waals surface area contributed by atoms with Gasteiger partial charge in [-0.15, -0.1) is 12.4 Å². The summed E-state index contributed by atoms with van der Waals surface area (Å²) in [5.74, 6) is -0.901. The van der Waals surface area contributed by atoms with Crippen LogP contribution in [0.5, 0.6) is 0 Å². The molecule has 1 aromatic rings. The molecular formula is C11H15Cl2FN2O2S. The van der Waals surface area contributed by atoms with Crippen LogP contribution < -0.4 is 5.73 Å². The lowest BCUT2D eigenvalue weighted by atomic mass is 10.2. The molecule has 0 amide bonds. The molecule has 0 saturated carbocycles. The van der Waals surface area contributed by atoms with Crippen molar-refractivity contribution in [3.63, 3.8) is 0 Å². The Balaban J connectivity index is 0.00000180. The Labute approximate surface area is 123 Å². The van der Waals surface area contributed by atoms with Crippen LogP contribution in [-0.2, 0) is 10.0 Å². The number of nitrogens with zero attached hydrogens (tertiary/aromatic N) is 1. The summed E-state index contributed by atoms with van der Waals surface area (Å²) < 4.78 is 39.8. The first-order valence-corrected chi connectivity index (χ1v) is 7.46. The van der Waals surface area contributed by atoms with Crippen LogP contribution in [0.25, 0.3) is 0 Å². The fourth-order valence-electron chi connectivity index (χ4n) is 2.17. The highest BCUT2D eigenvalue weighted by molar-refractivity contribution is 7.89. The van der Waals surface area contributed by atoms with Crippen molar-refractivity contribution in [3.8, 4) is 0 Å². The van der Waals surface area contributed by atoms with Crippen LogP contribution in [0.2, 0.25) is 5.02 Å². The Morgan fingerprint density at radius 2 is 2.16 bits per heavy atom. The van der Waals surface area contributed by atoms with Crippen molar-refractivity contribution in [3.05, 3.63) is 29.0 Å². The van der Waals surface area contributed by atoms with E-state index in [1.807, 2.05) is 0 Å². The van der Waals surface area contributed by atoms with Crippen molar-refractivity contribution in [2.24, 2.45) is 5.73 Å². The van der Waals surface area contributed by atoms with Crippen molar-refractivity contribution in [2.45, 2.75) is 23.8 Å². The molecule has 2 rings (SSSR count). The zero-order valence-electron chi connectivity index (χ0n) is 10.1. The monoisotopic (exact) mass is 328 g/mol. The smallest absolute Gasteiger partial charge is 0.246 e. The maximum Gasteiger partial charge on any atom is 0.246 e. The number of benzene rings is 1. The third-order valence-corrected chi connectivity index (χ3v) is 5.36. The second-order valence-corrected chi connectivity index (χ2v) is 6.47. The van der Waals surface area contributed by atoms with Gasteiger partial charge in [0.1, 0.15) is 4.90 Å². The van der Waals surface area contributed by atoms with Crippen LogP contribution in [0.15, 0.2) is 23.1 Å². The van der Waals surface area contributed by atoms with Crippen molar-refractivity contribution in [2.75, 3.05) is 13.1 Å². The Bertz CT molecular complexity index is 554. The molecular weight excluding hydrogens is 314 g/mol.